The molecule has 29 heavy (non-hydrogen) atoms. The molecule has 0 bridgehead atoms. The lowest BCUT2D eigenvalue weighted by molar-refractivity contribution is -0.143. The molecular weight excluding hydrogens is 376 g/mol. The maximum Gasteiger partial charge on any atom is 0.326 e. The smallest absolute Gasteiger partial charge is 0.326 e. The Morgan fingerprint density at radius 3 is 1.93 bits per heavy atom. The van der Waals surface area contributed by atoms with E-state index in [-0.39, 0.29) is 23.8 Å². The Bertz CT molecular complexity index is 587. The molecule has 0 aromatic heterocycles. The lowest BCUT2D eigenvalue weighted by Gasteiger charge is -2.25. The van der Waals surface area contributed by atoms with Gasteiger partial charge in [0.05, 0.1) is 6.04 Å². The Morgan fingerprint density at radius 2 is 1.45 bits per heavy atom. The Kier molecular flexibility index (Phi) is 10.1. The molecule has 0 aliphatic carbocycles. The van der Waals surface area contributed by atoms with E-state index in [9.17, 15) is 24.3 Å². The highest BCUT2D eigenvalue weighted by Gasteiger charge is 2.30. The summed E-state index contributed by atoms with van der Waals surface area (Å²) < 4.78 is 0. The summed E-state index contributed by atoms with van der Waals surface area (Å²) in [7, 11) is 0. The minimum absolute atomic E-state index is 0.0916. The quantitative estimate of drug-likeness (QED) is 0.333. The standard InChI is InChI=1S/C20H36N4O5/c1-11(2)9-15(19(27)24-16(20(28)29)10-12(3)4)23-17(25)13(5)22-18(26)14-7-6-8-21-14/h11-16,21H,6-10H2,1-5H3,(H,22,26)(H,23,25)(H,24,27)(H,28,29). The summed E-state index contributed by atoms with van der Waals surface area (Å²) in [4.78, 5) is 48.8. The van der Waals surface area contributed by atoms with Gasteiger partial charge in [-0.1, -0.05) is 27.7 Å². The average molecular weight is 413 g/mol. The van der Waals surface area contributed by atoms with Crippen LogP contribution in [0.2, 0.25) is 0 Å². The number of carboxylic acid groups (broad SMARTS) is 1. The van der Waals surface area contributed by atoms with E-state index in [1.54, 1.807) is 6.92 Å². The summed E-state index contributed by atoms with van der Waals surface area (Å²) in [6, 6.07) is -2.99. The van der Waals surface area contributed by atoms with E-state index in [0.29, 0.717) is 12.8 Å². The molecule has 1 saturated heterocycles. The maximum absolute atomic E-state index is 12.7. The first-order chi connectivity index (χ1) is 13.5. The van der Waals surface area contributed by atoms with Crippen LogP contribution in [0.4, 0.5) is 0 Å². The van der Waals surface area contributed by atoms with Crippen molar-refractivity contribution in [2.75, 3.05) is 6.54 Å². The van der Waals surface area contributed by atoms with Crippen LogP contribution in [-0.4, -0.2) is 59.5 Å². The monoisotopic (exact) mass is 412 g/mol. The fraction of sp³-hybridized carbons (Fsp3) is 0.800. The number of aliphatic carboxylic acids is 1. The molecule has 9 nitrogen and oxygen atoms in total. The third-order valence-corrected chi connectivity index (χ3v) is 4.79. The molecule has 1 heterocycles. The average Bonchev–Trinajstić information content (AvgIpc) is 3.14. The maximum atomic E-state index is 12.7. The molecule has 5 N–H and O–H groups in total. The zero-order chi connectivity index (χ0) is 22.1. The van der Waals surface area contributed by atoms with Crippen LogP contribution in [-0.2, 0) is 19.2 Å². The van der Waals surface area contributed by atoms with Crippen LogP contribution >= 0.6 is 0 Å². The summed E-state index contributed by atoms with van der Waals surface area (Å²) in [5.41, 5.74) is 0. The van der Waals surface area contributed by atoms with Crippen LogP contribution in [0.5, 0.6) is 0 Å². The molecule has 4 atom stereocenters. The summed E-state index contributed by atoms with van der Waals surface area (Å²) in [5.74, 6) is -2.16. The molecule has 1 fully saturated rings. The highest BCUT2D eigenvalue weighted by Crippen LogP contribution is 2.09. The second-order valence-electron chi connectivity index (χ2n) is 8.60. The third kappa shape index (κ3) is 8.81. The van der Waals surface area contributed by atoms with Crippen molar-refractivity contribution >= 4 is 23.7 Å². The van der Waals surface area contributed by atoms with E-state index in [1.165, 1.54) is 0 Å². The second kappa shape index (κ2) is 11.7. The molecule has 1 aliphatic rings. The van der Waals surface area contributed by atoms with Gasteiger partial charge in [-0.25, -0.2) is 4.79 Å². The summed E-state index contributed by atoms with van der Waals surface area (Å²) in [5, 5.41) is 20.3. The number of amides is 3. The van der Waals surface area contributed by atoms with Crippen molar-refractivity contribution in [2.24, 2.45) is 11.8 Å². The highest BCUT2D eigenvalue weighted by atomic mass is 16.4. The highest BCUT2D eigenvalue weighted by molar-refractivity contribution is 5.93. The summed E-state index contributed by atoms with van der Waals surface area (Å²) in [6.07, 6.45) is 2.29. The van der Waals surface area contributed by atoms with Gasteiger partial charge in [-0.15, -0.1) is 0 Å². The molecule has 3 amide bonds. The molecule has 1 rings (SSSR count). The number of hydrogen-bond donors (Lipinski definition) is 5. The first kappa shape index (κ1) is 24.9. The lowest BCUT2D eigenvalue weighted by Crippen LogP contribution is -2.56. The molecule has 0 saturated carbocycles. The van der Waals surface area contributed by atoms with Gasteiger partial charge < -0.3 is 26.4 Å². The van der Waals surface area contributed by atoms with E-state index >= 15 is 0 Å². The predicted molar refractivity (Wildman–Crippen MR) is 109 cm³/mol. The van der Waals surface area contributed by atoms with E-state index < -0.39 is 35.9 Å². The van der Waals surface area contributed by atoms with E-state index in [1.807, 2.05) is 27.7 Å². The molecular formula is C20H36N4O5. The first-order valence-electron chi connectivity index (χ1n) is 10.4. The molecule has 9 heteroatoms. The van der Waals surface area contributed by atoms with Crippen molar-refractivity contribution in [3.8, 4) is 0 Å². The number of carbonyl (C=O) groups excluding carboxylic acids is 3. The number of nitrogens with one attached hydrogen (secondary N) is 4. The van der Waals surface area contributed by atoms with Gasteiger partial charge in [-0.3, -0.25) is 14.4 Å². The van der Waals surface area contributed by atoms with Gasteiger partial charge in [-0.2, -0.15) is 0 Å². The molecule has 0 spiro atoms. The van der Waals surface area contributed by atoms with Gasteiger partial charge in [0.15, 0.2) is 0 Å². The molecule has 0 radical (unpaired) electrons. The van der Waals surface area contributed by atoms with Crippen LogP contribution in [0.1, 0.15) is 60.3 Å². The van der Waals surface area contributed by atoms with Gasteiger partial charge in [0, 0.05) is 0 Å². The first-order valence-corrected chi connectivity index (χ1v) is 10.4. The normalized spacial score (nSPS) is 19.5. The van der Waals surface area contributed by atoms with Gasteiger partial charge in [0.25, 0.3) is 0 Å². The molecule has 166 valence electrons. The number of carboxylic acids is 1. The van der Waals surface area contributed by atoms with Crippen LogP contribution in [0.25, 0.3) is 0 Å². The largest absolute Gasteiger partial charge is 0.480 e. The van der Waals surface area contributed by atoms with Crippen LogP contribution in [0.15, 0.2) is 0 Å². The van der Waals surface area contributed by atoms with Gasteiger partial charge in [0.2, 0.25) is 17.7 Å². The molecule has 4 unspecified atom stereocenters. The van der Waals surface area contributed by atoms with Gasteiger partial charge >= 0.3 is 5.97 Å². The van der Waals surface area contributed by atoms with Crippen molar-refractivity contribution in [3.63, 3.8) is 0 Å². The Labute approximate surface area is 172 Å². The molecule has 0 aromatic rings. The number of carbonyl (C=O) groups is 4. The Morgan fingerprint density at radius 1 is 0.897 bits per heavy atom. The predicted octanol–water partition coefficient (Wildman–Crippen LogP) is 0.390. The van der Waals surface area contributed by atoms with Crippen LogP contribution < -0.4 is 21.3 Å². The van der Waals surface area contributed by atoms with Crippen LogP contribution in [0.3, 0.4) is 0 Å². The summed E-state index contributed by atoms with van der Waals surface area (Å²) >= 11 is 0. The van der Waals surface area contributed by atoms with Crippen molar-refractivity contribution in [2.45, 2.75) is 84.5 Å². The fourth-order valence-electron chi connectivity index (χ4n) is 3.25. The van der Waals surface area contributed by atoms with Crippen molar-refractivity contribution < 1.29 is 24.3 Å². The van der Waals surface area contributed by atoms with Gasteiger partial charge in [-0.05, 0) is 51.0 Å². The number of rotatable bonds is 11. The minimum Gasteiger partial charge on any atom is -0.480 e. The van der Waals surface area contributed by atoms with Crippen LogP contribution in [0, 0.1) is 11.8 Å². The Balaban J connectivity index is 2.72. The Hall–Kier alpha value is -2.16. The van der Waals surface area contributed by atoms with E-state index in [2.05, 4.69) is 21.3 Å². The zero-order valence-electron chi connectivity index (χ0n) is 18.1. The second-order valence-corrected chi connectivity index (χ2v) is 8.60. The molecule has 0 aromatic carbocycles. The fourth-order valence-corrected chi connectivity index (χ4v) is 3.25. The minimum atomic E-state index is -1.11. The number of hydrogen-bond acceptors (Lipinski definition) is 5. The summed E-state index contributed by atoms with van der Waals surface area (Å²) in [6.45, 7) is 9.90. The van der Waals surface area contributed by atoms with Crippen molar-refractivity contribution in [3.05, 3.63) is 0 Å². The van der Waals surface area contributed by atoms with Crippen molar-refractivity contribution in [1.82, 2.24) is 21.3 Å². The van der Waals surface area contributed by atoms with E-state index in [4.69, 9.17) is 0 Å². The molecule has 1 aliphatic heterocycles. The van der Waals surface area contributed by atoms with Crippen molar-refractivity contribution in [1.29, 1.82) is 0 Å². The lowest BCUT2D eigenvalue weighted by atomic mass is 10.0. The zero-order valence-corrected chi connectivity index (χ0v) is 18.1. The topological polar surface area (TPSA) is 137 Å². The van der Waals surface area contributed by atoms with E-state index in [0.717, 1.165) is 19.4 Å². The SMILES string of the molecule is CC(C)CC(NC(=O)C(CC(C)C)NC(=O)C(C)NC(=O)C1CCCN1)C(=O)O. The van der Waals surface area contributed by atoms with Gasteiger partial charge in [0.1, 0.15) is 18.1 Å². The third-order valence-electron chi connectivity index (χ3n) is 4.79.